The highest BCUT2D eigenvalue weighted by Gasteiger charge is 2.26. The number of methoxy groups -OCH3 is 1. The van der Waals surface area contributed by atoms with E-state index in [-0.39, 0.29) is 6.10 Å². The van der Waals surface area contributed by atoms with Crippen LogP contribution >= 0.6 is 0 Å². The second kappa shape index (κ2) is 9.51. The summed E-state index contributed by atoms with van der Waals surface area (Å²) in [7, 11) is 1.68. The number of ether oxygens (including phenoxy) is 3. The fourth-order valence-electron chi connectivity index (χ4n) is 3.11. The van der Waals surface area contributed by atoms with Crippen LogP contribution in [-0.4, -0.2) is 38.0 Å². The van der Waals surface area contributed by atoms with Crippen LogP contribution in [0.15, 0.2) is 48.8 Å². The first-order valence-corrected chi connectivity index (χ1v) is 8.82. The van der Waals surface area contributed by atoms with Gasteiger partial charge in [-0.25, -0.2) is 0 Å². The molecule has 5 nitrogen and oxygen atoms in total. The van der Waals surface area contributed by atoms with Crippen LogP contribution in [-0.2, 0) is 16.0 Å². The molecule has 0 bridgehead atoms. The quantitative estimate of drug-likeness (QED) is 0.747. The molecule has 0 aliphatic carbocycles. The van der Waals surface area contributed by atoms with E-state index in [1.165, 1.54) is 11.1 Å². The van der Waals surface area contributed by atoms with Crippen molar-refractivity contribution < 1.29 is 14.2 Å². The Hall–Kier alpha value is -1.95. The second-order valence-corrected chi connectivity index (χ2v) is 6.19. The van der Waals surface area contributed by atoms with Gasteiger partial charge in [0, 0.05) is 38.7 Å². The summed E-state index contributed by atoms with van der Waals surface area (Å²) in [5, 5.41) is 3.66. The maximum atomic E-state index is 6.03. The van der Waals surface area contributed by atoms with E-state index in [1.807, 2.05) is 36.7 Å². The van der Waals surface area contributed by atoms with Crippen LogP contribution in [0.3, 0.4) is 0 Å². The Morgan fingerprint density at radius 3 is 2.92 bits per heavy atom. The molecule has 0 spiro atoms. The Bertz CT molecular complexity index is 636. The largest absolute Gasteiger partial charge is 0.491 e. The molecule has 5 heteroatoms. The highest BCUT2D eigenvalue weighted by molar-refractivity contribution is 5.28. The van der Waals surface area contributed by atoms with Crippen molar-refractivity contribution in [2.75, 3.05) is 26.9 Å². The lowest BCUT2D eigenvalue weighted by Crippen LogP contribution is -2.39. The molecule has 1 aliphatic heterocycles. The molecule has 1 fully saturated rings. The van der Waals surface area contributed by atoms with Gasteiger partial charge in [0.1, 0.15) is 12.4 Å². The molecule has 134 valence electrons. The van der Waals surface area contributed by atoms with E-state index in [0.717, 1.165) is 31.7 Å². The van der Waals surface area contributed by atoms with Gasteiger partial charge < -0.3 is 19.5 Å². The maximum absolute atomic E-state index is 6.03. The minimum absolute atomic E-state index is 0.0814. The highest BCUT2D eigenvalue weighted by atomic mass is 16.5. The Kier molecular flexibility index (Phi) is 6.79. The molecule has 1 aromatic heterocycles. The third-order valence-corrected chi connectivity index (χ3v) is 4.38. The number of benzene rings is 1. The van der Waals surface area contributed by atoms with Crippen molar-refractivity contribution in [3.8, 4) is 5.75 Å². The Balaban J connectivity index is 1.59. The zero-order valence-electron chi connectivity index (χ0n) is 14.7. The average Bonchev–Trinajstić information content (AvgIpc) is 2.68. The third kappa shape index (κ3) is 5.26. The van der Waals surface area contributed by atoms with Gasteiger partial charge in [-0.3, -0.25) is 4.98 Å². The molecule has 1 aromatic carbocycles. The molecule has 1 aliphatic rings. The van der Waals surface area contributed by atoms with Crippen LogP contribution < -0.4 is 10.1 Å². The number of aromatic nitrogens is 1. The normalized spacial score (nSPS) is 20.4. The topological polar surface area (TPSA) is 52.6 Å². The Labute approximate surface area is 149 Å². The SMILES string of the molecule is COCCOc1cccc(CN[C@H]2CCCO[C@@H]2c2ccncc2)c1. The van der Waals surface area contributed by atoms with Gasteiger partial charge in [0.25, 0.3) is 0 Å². The molecule has 1 N–H and O–H groups in total. The minimum atomic E-state index is 0.0814. The van der Waals surface area contributed by atoms with Crippen molar-refractivity contribution in [1.82, 2.24) is 10.3 Å². The molecule has 2 heterocycles. The van der Waals surface area contributed by atoms with Crippen molar-refractivity contribution in [3.63, 3.8) is 0 Å². The van der Waals surface area contributed by atoms with Crippen molar-refractivity contribution in [3.05, 3.63) is 59.9 Å². The summed E-state index contributed by atoms with van der Waals surface area (Å²) < 4.78 is 16.7. The molecule has 1 saturated heterocycles. The Morgan fingerprint density at radius 1 is 1.20 bits per heavy atom. The molecular formula is C20H26N2O3. The van der Waals surface area contributed by atoms with Gasteiger partial charge in [-0.1, -0.05) is 12.1 Å². The smallest absolute Gasteiger partial charge is 0.119 e. The fraction of sp³-hybridized carbons (Fsp3) is 0.450. The number of hydrogen-bond acceptors (Lipinski definition) is 5. The molecule has 2 aromatic rings. The summed E-state index contributed by atoms with van der Waals surface area (Å²) in [6.07, 6.45) is 5.92. The summed E-state index contributed by atoms with van der Waals surface area (Å²) in [4.78, 5) is 4.10. The van der Waals surface area contributed by atoms with Gasteiger partial charge in [0.05, 0.1) is 12.7 Å². The van der Waals surface area contributed by atoms with E-state index < -0.39 is 0 Å². The lowest BCUT2D eigenvalue weighted by atomic mass is 9.96. The van der Waals surface area contributed by atoms with E-state index in [2.05, 4.69) is 22.4 Å². The van der Waals surface area contributed by atoms with Gasteiger partial charge in [-0.2, -0.15) is 0 Å². The van der Waals surface area contributed by atoms with E-state index in [9.17, 15) is 0 Å². The maximum Gasteiger partial charge on any atom is 0.119 e. The lowest BCUT2D eigenvalue weighted by Gasteiger charge is -2.33. The first-order valence-electron chi connectivity index (χ1n) is 8.82. The summed E-state index contributed by atoms with van der Waals surface area (Å²) in [5.41, 5.74) is 2.39. The van der Waals surface area contributed by atoms with Crippen molar-refractivity contribution in [2.45, 2.75) is 31.5 Å². The molecule has 3 rings (SSSR count). The monoisotopic (exact) mass is 342 g/mol. The molecule has 2 atom stereocenters. The van der Waals surface area contributed by atoms with Crippen LogP contribution in [0, 0.1) is 0 Å². The van der Waals surface area contributed by atoms with Crippen molar-refractivity contribution in [1.29, 1.82) is 0 Å². The van der Waals surface area contributed by atoms with Crippen molar-refractivity contribution in [2.24, 2.45) is 0 Å². The number of pyridine rings is 1. The minimum Gasteiger partial charge on any atom is -0.491 e. The Morgan fingerprint density at radius 2 is 2.08 bits per heavy atom. The second-order valence-electron chi connectivity index (χ2n) is 6.19. The molecule has 0 amide bonds. The van der Waals surface area contributed by atoms with Gasteiger partial charge in [-0.15, -0.1) is 0 Å². The molecule has 0 unspecified atom stereocenters. The first kappa shape index (κ1) is 17.9. The molecule has 0 saturated carbocycles. The van der Waals surface area contributed by atoms with Crippen molar-refractivity contribution >= 4 is 0 Å². The molecule has 0 radical (unpaired) electrons. The van der Waals surface area contributed by atoms with Gasteiger partial charge in [0.15, 0.2) is 0 Å². The van der Waals surface area contributed by atoms with Crippen LogP contribution in [0.2, 0.25) is 0 Å². The number of nitrogens with zero attached hydrogens (tertiary/aromatic N) is 1. The summed E-state index contributed by atoms with van der Waals surface area (Å²) in [5.74, 6) is 0.877. The van der Waals surface area contributed by atoms with Crippen LogP contribution in [0.5, 0.6) is 5.75 Å². The number of nitrogens with one attached hydrogen (secondary N) is 1. The fourth-order valence-corrected chi connectivity index (χ4v) is 3.11. The molecule has 25 heavy (non-hydrogen) atoms. The summed E-state index contributed by atoms with van der Waals surface area (Å²) in [6, 6.07) is 12.6. The standard InChI is InChI=1S/C20H26N2O3/c1-23-12-13-24-18-5-2-4-16(14-18)15-22-19-6-3-11-25-20(19)17-7-9-21-10-8-17/h2,4-5,7-10,14,19-20,22H,3,6,11-13,15H2,1H3/t19-,20+/m0/s1. The van der Waals surface area contributed by atoms with E-state index >= 15 is 0 Å². The number of rotatable bonds is 8. The predicted molar refractivity (Wildman–Crippen MR) is 96.6 cm³/mol. The van der Waals surface area contributed by atoms with Gasteiger partial charge >= 0.3 is 0 Å². The predicted octanol–water partition coefficient (Wildman–Crippen LogP) is 3.12. The van der Waals surface area contributed by atoms with Gasteiger partial charge in [-0.05, 0) is 48.2 Å². The summed E-state index contributed by atoms with van der Waals surface area (Å²) in [6.45, 7) is 2.76. The third-order valence-electron chi connectivity index (χ3n) is 4.38. The first-order chi connectivity index (χ1) is 12.4. The van der Waals surface area contributed by atoms with E-state index in [1.54, 1.807) is 7.11 Å². The van der Waals surface area contributed by atoms with E-state index in [0.29, 0.717) is 19.3 Å². The van der Waals surface area contributed by atoms with Crippen LogP contribution in [0.4, 0.5) is 0 Å². The van der Waals surface area contributed by atoms with Gasteiger partial charge in [0.2, 0.25) is 0 Å². The zero-order valence-corrected chi connectivity index (χ0v) is 14.7. The molecular weight excluding hydrogens is 316 g/mol. The zero-order chi connectivity index (χ0) is 17.3. The lowest BCUT2D eigenvalue weighted by molar-refractivity contribution is -0.0112. The summed E-state index contributed by atoms with van der Waals surface area (Å²) >= 11 is 0. The van der Waals surface area contributed by atoms with Crippen LogP contribution in [0.1, 0.15) is 30.1 Å². The van der Waals surface area contributed by atoms with E-state index in [4.69, 9.17) is 14.2 Å². The highest BCUT2D eigenvalue weighted by Crippen LogP contribution is 2.28. The number of hydrogen-bond donors (Lipinski definition) is 1. The van der Waals surface area contributed by atoms with Crippen LogP contribution in [0.25, 0.3) is 0 Å². The average molecular weight is 342 g/mol.